The van der Waals surface area contributed by atoms with E-state index >= 15 is 0 Å². The lowest BCUT2D eigenvalue weighted by Gasteiger charge is -2.35. The van der Waals surface area contributed by atoms with Gasteiger partial charge in [0, 0.05) is 75.9 Å². The van der Waals surface area contributed by atoms with Crippen molar-refractivity contribution in [2.75, 3.05) is 40.4 Å². The van der Waals surface area contributed by atoms with Gasteiger partial charge in [-0.15, -0.1) is 0 Å². The highest BCUT2D eigenvalue weighted by Crippen LogP contribution is 2.38. The molecular formula is C39H36N6O8. The van der Waals surface area contributed by atoms with Crippen LogP contribution in [0.4, 0.5) is 0 Å². The van der Waals surface area contributed by atoms with Crippen LogP contribution < -0.4 is 20.3 Å². The Morgan fingerprint density at radius 3 is 2.32 bits per heavy atom. The van der Waals surface area contributed by atoms with Crippen molar-refractivity contribution in [3.63, 3.8) is 0 Å². The fraction of sp³-hybridized carbons (Fsp3) is 0.308. The van der Waals surface area contributed by atoms with E-state index < -0.39 is 29.7 Å². The molecule has 0 aliphatic carbocycles. The number of amides is 5. The lowest BCUT2D eigenvalue weighted by atomic mass is 9.99. The summed E-state index contributed by atoms with van der Waals surface area (Å²) in [4.78, 5) is 84.8. The highest BCUT2D eigenvalue weighted by atomic mass is 16.5. The molecule has 2 fully saturated rings. The zero-order valence-electron chi connectivity index (χ0n) is 29.4. The van der Waals surface area contributed by atoms with Gasteiger partial charge in [0.2, 0.25) is 17.7 Å². The molecule has 1 atom stereocenters. The van der Waals surface area contributed by atoms with Crippen molar-refractivity contribution in [2.45, 2.75) is 31.8 Å². The van der Waals surface area contributed by atoms with Crippen LogP contribution in [0.1, 0.15) is 51.1 Å². The first kappa shape index (κ1) is 35.1. The molecule has 3 aliphatic heterocycles. The average molecular weight is 717 g/mol. The lowest BCUT2D eigenvalue weighted by Crippen LogP contribution is -2.54. The summed E-state index contributed by atoms with van der Waals surface area (Å²) in [6.45, 7) is 2.79. The number of pyridine rings is 2. The monoisotopic (exact) mass is 716 g/mol. The number of imide groups is 2. The smallest absolute Gasteiger partial charge is 0.262 e. The predicted molar refractivity (Wildman–Crippen MR) is 192 cm³/mol. The number of piperidine rings is 1. The summed E-state index contributed by atoms with van der Waals surface area (Å²) < 4.78 is 13.2. The van der Waals surface area contributed by atoms with Crippen LogP contribution in [0, 0.1) is 11.8 Å². The number of methoxy groups -OCH3 is 2. The van der Waals surface area contributed by atoms with Crippen molar-refractivity contribution in [3.05, 3.63) is 87.6 Å². The van der Waals surface area contributed by atoms with Crippen LogP contribution in [0.25, 0.3) is 21.9 Å². The molecule has 2 saturated heterocycles. The minimum absolute atomic E-state index is 0.0225. The van der Waals surface area contributed by atoms with Gasteiger partial charge >= 0.3 is 0 Å². The number of aromatic nitrogens is 2. The van der Waals surface area contributed by atoms with Crippen LogP contribution in [0.15, 0.2) is 59.8 Å². The second-order valence-electron chi connectivity index (χ2n) is 13.1. The number of ether oxygens (including phenoxy) is 2. The second-order valence-corrected chi connectivity index (χ2v) is 13.1. The number of benzene rings is 2. The van der Waals surface area contributed by atoms with Crippen LogP contribution >= 0.6 is 0 Å². The average Bonchev–Trinajstić information content (AvgIpc) is 3.41. The van der Waals surface area contributed by atoms with Gasteiger partial charge in [0.1, 0.15) is 17.5 Å². The summed E-state index contributed by atoms with van der Waals surface area (Å²) in [6, 6.07) is 9.26. The molecule has 0 radical (unpaired) electrons. The summed E-state index contributed by atoms with van der Waals surface area (Å²) in [6.07, 6.45) is 5.12. The summed E-state index contributed by atoms with van der Waals surface area (Å²) in [5.41, 5.74) is 3.18. The first-order chi connectivity index (χ1) is 25.6. The summed E-state index contributed by atoms with van der Waals surface area (Å²) in [7, 11) is 4.93. The fourth-order valence-electron chi connectivity index (χ4n) is 7.10. The topological polar surface area (TPSA) is 160 Å². The lowest BCUT2D eigenvalue weighted by molar-refractivity contribution is -0.136. The maximum atomic E-state index is 13.1. The number of carbonyl (C=O) groups is 5. The molecule has 270 valence electrons. The number of nitrogens with zero attached hydrogens (tertiary/aromatic N) is 5. The highest BCUT2D eigenvalue weighted by Gasteiger charge is 2.44. The van der Waals surface area contributed by atoms with Crippen molar-refractivity contribution >= 4 is 40.3 Å². The normalized spacial score (nSPS) is 17.4. The van der Waals surface area contributed by atoms with Crippen LogP contribution in [-0.2, 0) is 28.0 Å². The molecule has 0 spiro atoms. The zero-order valence-corrected chi connectivity index (χ0v) is 29.4. The first-order valence-corrected chi connectivity index (χ1v) is 17.1. The van der Waals surface area contributed by atoms with Crippen LogP contribution in [-0.4, -0.2) is 100 Å². The largest absolute Gasteiger partial charge is 0.496 e. The van der Waals surface area contributed by atoms with E-state index in [4.69, 9.17) is 9.47 Å². The first-order valence-electron chi connectivity index (χ1n) is 17.1. The van der Waals surface area contributed by atoms with E-state index in [1.165, 1.54) is 16.7 Å². The molecule has 5 heterocycles. The minimum atomic E-state index is -1.05. The van der Waals surface area contributed by atoms with Gasteiger partial charge in [-0.1, -0.05) is 11.8 Å². The Labute approximate surface area is 304 Å². The number of rotatable bonds is 7. The molecule has 2 aromatic heterocycles. The Balaban J connectivity index is 0.983. The summed E-state index contributed by atoms with van der Waals surface area (Å²) >= 11 is 0. The Morgan fingerprint density at radius 2 is 1.62 bits per heavy atom. The van der Waals surface area contributed by atoms with Crippen molar-refractivity contribution in [3.8, 4) is 34.5 Å². The Hall–Kier alpha value is -6.33. The van der Waals surface area contributed by atoms with Gasteiger partial charge in [-0.3, -0.25) is 48.9 Å². The third kappa shape index (κ3) is 6.62. The SMILES string of the molecule is COc1cc(-c2cn(C)c(=O)c3cnccc23)cc(OC)c1CN1CCN(C(=O)CC#Cc2ccc3c(c2)C(=O)N(C2CCC(=O)NC2=O)C3=O)CC1. The Bertz CT molecular complexity index is 2310. The molecule has 1 N–H and O–H groups in total. The molecule has 0 saturated carbocycles. The van der Waals surface area contributed by atoms with Gasteiger partial charge < -0.3 is 18.9 Å². The van der Waals surface area contributed by atoms with E-state index in [2.05, 4.69) is 27.0 Å². The van der Waals surface area contributed by atoms with Crippen molar-refractivity contribution in [2.24, 2.45) is 7.05 Å². The second kappa shape index (κ2) is 14.4. The van der Waals surface area contributed by atoms with E-state index in [1.807, 2.05) is 18.2 Å². The van der Waals surface area contributed by atoms with Crippen molar-refractivity contribution < 1.29 is 33.4 Å². The Morgan fingerprint density at radius 1 is 0.906 bits per heavy atom. The molecule has 7 rings (SSSR count). The van der Waals surface area contributed by atoms with E-state index in [0.29, 0.717) is 55.2 Å². The van der Waals surface area contributed by atoms with E-state index in [9.17, 15) is 28.8 Å². The molecule has 14 nitrogen and oxygen atoms in total. The molecule has 53 heavy (non-hydrogen) atoms. The van der Waals surface area contributed by atoms with Crippen LogP contribution in [0.3, 0.4) is 0 Å². The molecule has 3 aliphatic rings. The molecule has 5 amide bonds. The van der Waals surface area contributed by atoms with Gasteiger partial charge in [0.25, 0.3) is 17.4 Å². The third-order valence-corrected chi connectivity index (χ3v) is 9.92. The number of piperazine rings is 1. The van der Waals surface area contributed by atoms with E-state index in [0.717, 1.165) is 27.0 Å². The van der Waals surface area contributed by atoms with Crippen LogP contribution in [0.2, 0.25) is 0 Å². The number of hydrogen-bond acceptors (Lipinski definition) is 10. The fourth-order valence-corrected chi connectivity index (χ4v) is 7.10. The van der Waals surface area contributed by atoms with Gasteiger partial charge in [-0.05, 0) is 53.8 Å². The number of aryl methyl sites for hydroxylation is 1. The predicted octanol–water partition coefficient (Wildman–Crippen LogP) is 2.10. The quantitative estimate of drug-likeness (QED) is 0.222. The number of fused-ring (bicyclic) bond motifs is 2. The molecule has 2 aromatic carbocycles. The minimum Gasteiger partial charge on any atom is -0.496 e. The molecular weight excluding hydrogens is 680 g/mol. The number of carbonyl (C=O) groups excluding carboxylic acids is 5. The van der Waals surface area contributed by atoms with Crippen molar-refractivity contribution in [1.29, 1.82) is 0 Å². The molecule has 4 aromatic rings. The maximum Gasteiger partial charge on any atom is 0.262 e. The number of nitrogens with one attached hydrogen (secondary N) is 1. The van der Waals surface area contributed by atoms with Crippen molar-refractivity contribution in [1.82, 2.24) is 29.6 Å². The molecule has 14 heteroatoms. The highest BCUT2D eigenvalue weighted by molar-refractivity contribution is 6.23. The Kier molecular flexibility index (Phi) is 9.51. The van der Waals surface area contributed by atoms with E-state index in [1.54, 1.807) is 50.8 Å². The van der Waals surface area contributed by atoms with Gasteiger partial charge in [-0.25, -0.2) is 0 Å². The maximum absolute atomic E-state index is 13.1. The third-order valence-electron chi connectivity index (χ3n) is 9.92. The molecule has 1 unspecified atom stereocenters. The standard InChI is InChI=1S/C39H36N6O8/c1-42-21-29(25-11-12-40-20-28(25)37(42)49)24-18-32(52-2)30(33(19-24)53-3)22-43-13-15-44(16-14-43)35(47)6-4-5-23-7-8-26-27(17-23)39(51)45(38(26)50)31-9-10-34(46)41-36(31)48/h7-8,11-12,17-21,31H,6,9-10,13-16,22H2,1-3H3,(H,41,46,48). The van der Waals surface area contributed by atoms with Gasteiger partial charge in [0.15, 0.2) is 0 Å². The number of hydrogen-bond donors (Lipinski definition) is 1. The van der Waals surface area contributed by atoms with Gasteiger partial charge in [-0.2, -0.15) is 0 Å². The van der Waals surface area contributed by atoms with Gasteiger partial charge in [0.05, 0.1) is 42.7 Å². The molecule has 0 bridgehead atoms. The van der Waals surface area contributed by atoms with E-state index in [-0.39, 0.29) is 41.9 Å². The summed E-state index contributed by atoms with van der Waals surface area (Å²) in [5.74, 6) is 4.69. The zero-order chi connectivity index (χ0) is 37.4. The van der Waals surface area contributed by atoms with Crippen LogP contribution in [0.5, 0.6) is 11.5 Å². The summed E-state index contributed by atoms with van der Waals surface area (Å²) in [5, 5.41) is 3.48.